The Kier molecular flexibility index (Phi) is 5.72. The molecule has 8 heteroatoms. The summed E-state index contributed by atoms with van der Waals surface area (Å²) in [5.41, 5.74) is 1.87. The average Bonchev–Trinajstić information content (AvgIpc) is 3.09. The molecule has 0 bridgehead atoms. The highest BCUT2D eigenvalue weighted by Gasteiger charge is 2.15. The van der Waals surface area contributed by atoms with Crippen LogP contribution in [0.1, 0.15) is 10.4 Å². The molecule has 0 radical (unpaired) electrons. The molecule has 0 atom stereocenters. The van der Waals surface area contributed by atoms with Crippen molar-refractivity contribution in [1.29, 1.82) is 0 Å². The summed E-state index contributed by atoms with van der Waals surface area (Å²) in [4.78, 5) is 16.8. The van der Waals surface area contributed by atoms with Gasteiger partial charge in [0.1, 0.15) is 17.3 Å². The number of hydrogen-bond acceptors (Lipinski definition) is 5. The Labute approximate surface area is 167 Å². The van der Waals surface area contributed by atoms with E-state index in [1.165, 1.54) is 29.5 Å². The number of benzene rings is 2. The first-order valence-corrected chi connectivity index (χ1v) is 9.42. The molecule has 5 nitrogen and oxygen atoms in total. The fourth-order valence-electron chi connectivity index (χ4n) is 2.30. The van der Waals surface area contributed by atoms with Gasteiger partial charge in [-0.05, 0) is 52.9 Å². The van der Waals surface area contributed by atoms with Crippen LogP contribution in [0.5, 0.6) is 11.5 Å². The molecule has 0 spiro atoms. The van der Waals surface area contributed by atoms with E-state index < -0.39 is 0 Å². The van der Waals surface area contributed by atoms with Gasteiger partial charge in [-0.15, -0.1) is 11.3 Å². The molecule has 134 valence electrons. The maximum atomic E-state index is 13.2. The second-order valence-corrected chi connectivity index (χ2v) is 7.20. The van der Waals surface area contributed by atoms with E-state index in [-0.39, 0.29) is 11.7 Å². The van der Waals surface area contributed by atoms with Crippen LogP contribution in [0, 0.1) is 9.39 Å². The van der Waals surface area contributed by atoms with Crippen molar-refractivity contribution in [2.45, 2.75) is 0 Å². The first-order chi connectivity index (χ1) is 12.5. The predicted octanol–water partition coefficient (Wildman–Crippen LogP) is 4.82. The summed E-state index contributed by atoms with van der Waals surface area (Å²) >= 11 is 3.23. The summed E-state index contributed by atoms with van der Waals surface area (Å²) in [5, 5.41) is 5.02. The fourth-order valence-corrected chi connectivity index (χ4v) is 3.73. The Balaban J connectivity index is 1.83. The first-order valence-electron chi connectivity index (χ1n) is 7.46. The van der Waals surface area contributed by atoms with Gasteiger partial charge in [0.05, 0.1) is 25.5 Å². The largest absolute Gasteiger partial charge is 0.497 e. The van der Waals surface area contributed by atoms with E-state index in [9.17, 15) is 9.18 Å². The normalized spacial score (nSPS) is 10.5. The second-order valence-electron chi connectivity index (χ2n) is 5.18. The summed E-state index contributed by atoms with van der Waals surface area (Å²) < 4.78 is 24.3. The van der Waals surface area contributed by atoms with Gasteiger partial charge in [0.2, 0.25) is 0 Å². The number of carbonyl (C=O) groups is 1. The van der Waals surface area contributed by atoms with Crippen LogP contribution in [0.2, 0.25) is 0 Å². The molecule has 0 saturated carbocycles. The van der Waals surface area contributed by atoms with Crippen molar-refractivity contribution in [3.63, 3.8) is 0 Å². The van der Waals surface area contributed by atoms with Crippen LogP contribution in [0.15, 0.2) is 41.8 Å². The highest BCUT2D eigenvalue weighted by molar-refractivity contribution is 14.1. The fraction of sp³-hybridized carbons (Fsp3) is 0.111. The molecule has 0 saturated heterocycles. The van der Waals surface area contributed by atoms with Crippen LogP contribution in [0.25, 0.3) is 11.3 Å². The number of nitrogens with zero attached hydrogens (tertiary/aromatic N) is 1. The Morgan fingerprint density at radius 3 is 2.69 bits per heavy atom. The Hall–Kier alpha value is -2.20. The number of aromatic nitrogens is 1. The molecule has 0 aliphatic carbocycles. The molecule has 3 aromatic rings. The molecule has 1 N–H and O–H groups in total. The van der Waals surface area contributed by atoms with Crippen LogP contribution in [-0.4, -0.2) is 25.1 Å². The molecule has 0 unspecified atom stereocenters. The zero-order chi connectivity index (χ0) is 18.7. The van der Waals surface area contributed by atoms with Gasteiger partial charge in [0.15, 0.2) is 5.13 Å². The van der Waals surface area contributed by atoms with Crippen molar-refractivity contribution >= 4 is 45.0 Å². The molecule has 0 aliphatic heterocycles. The molecule has 1 heterocycles. The van der Waals surface area contributed by atoms with Gasteiger partial charge in [0, 0.05) is 20.6 Å². The Bertz CT molecular complexity index is 961. The van der Waals surface area contributed by atoms with Gasteiger partial charge in [-0.3, -0.25) is 10.1 Å². The van der Waals surface area contributed by atoms with Crippen molar-refractivity contribution in [2.75, 3.05) is 19.5 Å². The molecule has 2 aromatic carbocycles. The average molecular weight is 484 g/mol. The number of methoxy groups -OCH3 is 2. The second kappa shape index (κ2) is 8.00. The van der Waals surface area contributed by atoms with E-state index in [1.807, 2.05) is 40.1 Å². The lowest BCUT2D eigenvalue weighted by Gasteiger charge is -2.08. The lowest BCUT2D eigenvalue weighted by Crippen LogP contribution is -2.13. The number of rotatable bonds is 5. The van der Waals surface area contributed by atoms with Crippen molar-refractivity contribution in [3.8, 4) is 22.8 Å². The Morgan fingerprint density at radius 1 is 1.19 bits per heavy atom. The number of ether oxygens (including phenoxy) is 2. The molecule has 26 heavy (non-hydrogen) atoms. The summed E-state index contributed by atoms with van der Waals surface area (Å²) in [7, 11) is 3.16. The highest BCUT2D eigenvalue weighted by Crippen LogP contribution is 2.35. The zero-order valence-electron chi connectivity index (χ0n) is 13.9. The lowest BCUT2D eigenvalue weighted by molar-refractivity contribution is 0.102. The van der Waals surface area contributed by atoms with E-state index in [4.69, 9.17) is 9.47 Å². The van der Waals surface area contributed by atoms with Gasteiger partial charge in [-0.2, -0.15) is 0 Å². The van der Waals surface area contributed by atoms with E-state index in [2.05, 4.69) is 10.3 Å². The Morgan fingerprint density at radius 2 is 2.00 bits per heavy atom. The molecule has 1 aromatic heterocycles. The molecular formula is C18H14FIN2O3S. The van der Waals surface area contributed by atoms with Crippen molar-refractivity contribution < 1.29 is 18.7 Å². The highest BCUT2D eigenvalue weighted by atomic mass is 127. The minimum atomic E-state index is -0.380. The zero-order valence-corrected chi connectivity index (χ0v) is 16.9. The first kappa shape index (κ1) is 18.6. The van der Waals surface area contributed by atoms with Crippen LogP contribution in [-0.2, 0) is 0 Å². The maximum Gasteiger partial charge on any atom is 0.258 e. The molecular weight excluding hydrogens is 470 g/mol. The predicted molar refractivity (Wildman–Crippen MR) is 108 cm³/mol. The SMILES string of the molecule is COc1ccc(-c2csc(NC(=O)c3ccc(F)cc3I)n2)c(OC)c1. The quantitative estimate of drug-likeness (QED) is 0.528. The minimum Gasteiger partial charge on any atom is -0.497 e. The monoisotopic (exact) mass is 484 g/mol. The summed E-state index contributed by atoms with van der Waals surface area (Å²) in [6.45, 7) is 0. The molecule has 0 fully saturated rings. The van der Waals surface area contributed by atoms with E-state index >= 15 is 0 Å². The number of thiazole rings is 1. The summed E-state index contributed by atoms with van der Waals surface area (Å²) in [5.74, 6) is 0.590. The van der Waals surface area contributed by atoms with Crippen LogP contribution >= 0.6 is 33.9 Å². The summed E-state index contributed by atoms with van der Waals surface area (Å²) in [6.07, 6.45) is 0. The van der Waals surface area contributed by atoms with Gasteiger partial charge < -0.3 is 9.47 Å². The van der Waals surface area contributed by atoms with E-state index in [1.54, 1.807) is 20.3 Å². The van der Waals surface area contributed by atoms with Gasteiger partial charge >= 0.3 is 0 Å². The maximum absolute atomic E-state index is 13.2. The molecule has 1 amide bonds. The van der Waals surface area contributed by atoms with Crippen LogP contribution < -0.4 is 14.8 Å². The van der Waals surface area contributed by atoms with Gasteiger partial charge in [0.25, 0.3) is 5.91 Å². The van der Waals surface area contributed by atoms with E-state index in [0.717, 1.165) is 5.56 Å². The van der Waals surface area contributed by atoms with Crippen LogP contribution in [0.4, 0.5) is 9.52 Å². The third kappa shape index (κ3) is 3.96. The van der Waals surface area contributed by atoms with Gasteiger partial charge in [-0.1, -0.05) is 0 Å². The number of nitrogens with one attached hydrogen (secondary N) is 1. The number of halogens is 2. The summed E-state index contributed by atoms with van der Waals surface area (Å²) in [6, 6.07) is 9.45. The number of hydrogen-bond donors (Lipinski definition) is 1. The number of anilines is 1. The van der Waals surface area contributed by atoms with Crippen molar-refractivity contribution in [1.82, 2.24) is 4.98 Å². The standard InChI is InChI=1S/C18H14FIN2O3S/c1-24-11-4-6-13(16(8-11)25-2)15-9-26-18(21-15)22-17(23)12-5-3-10(19)7-14(12)20/h3-9H,1-2H3,(H,21,22,23). The van der Waals surface area contributed by atoms with Crippen LogP contribution in [0.3, 0.4) is 0 Å². The van der Waals surface area contributed by atoms with Crippen molar-refractivity contribution in [2.24, 2.45) is 0 Å². The lowest BCUT2D eigenvalue weighted by atomic mass is 10.1. The van der Waals surface area contributed by atoms with Crippen molar-refractivity contribution in [3.05, 3.63) is 56.7 Å². The minimum absolute atomic E-state index is 0.336. The van der Waals surface area contributed by atoms with E-state index in [0.29, 0.717) is 31.5 Å². The third-order valence-electron chi connectivity index (χ3n) is 3.59. The molecule has 0 aliphatic rings. The number of carbonyl (C=O) groups excluding carboxylic acids is 1. The smallest absolute Gasteiger partial charge is 0.258 e. The van der Waals surface area contributed by atoms with Gasteiger partial charge in [-0.25, -0.2) is 9.37 Å². The third-order valence-corrected chi connectivity index (χ3v) is 5.24. The number of amides is 1. The molecule has 3 rings (SSSR count). The topological polar surface area (TPSA) is 60.5 Å².